The Kier molecular flexibility index (Phi) is 11.1. The van der Waals surface area contributed by atoms with Crippen molar-refractivity contribution in [2.75, 3.05) is 0 Å². The summed E-state index contributed by atoms with van der Waals surface area (Å²) in [6.45, 7) is 23.7. The summed E-state index contributed by atoms with van der Waals surface area (Å²) in [5.74, 6) is 3.01. The number of nitrogens with one attached hydrogen (secondary N) is 1. The average molecular weight is 834 g/mol. The van der Waals surface area contributed by atoms with Crippen molar-refractivity contribution < 1.29 is 24.0 Å². The summed E-state index contributed by atoms with van der Waals surface area (Å²) in [5.41, 5.74) is 4.67. The Hall–Kier alpha value is -4.54. The highest BCUT2D eigenvalue weighted by Crippen LogP contribution is 2.77. The smallest absolute Gasteiger partial charge is 0.302 e. The number of benzene rings is 2. The predicted molar refractivity (Wildman–Crippen MR) is 235 cm³/mol. The number of fused-ring (bicyclic) bond motifs is 7. The minimum atomic E-state index is -0.428. The number of esters is 1. The van der Waals surface area contributed by atoms with Gasteiger partial charge in [0, 0.05) is 31.0 Å². The van der Waals surface area contributed by atoms with Gasteiger partial charge in [-0.1, -0.05) is 71.0 Å². The number of carbonyl (C=O) groups is 2. The quantitative estimate of drug-likeness (QED) is 0.0872. The van der Waals surface area contributed by atoms with E-state index in [4.69, 9.17) is 9.47 Å². The first-order valence-corrected chi connectivity index (χ1v) is 22.9. The number of nitro benzene ring substituents is 1. The molecule has 1 N–H and O–H groups in total. The predicted octanol–water partition coefficient (Wildman–Crippen LogP) is 10.5. The zero-order valence-electron chi connectivity index (χ0n) is 37.7. The Labute approximate surface area is 362 Å². The maximum absolute atomic E-state index is 14.9. The molecule has 1 aromatic heterocycles. The van der Waals surface area contributed by atoms with Crippen LogP contribution in [0.25, 0.3) is 5.69 Å². The number of aromatic nitrogens is 3. The van der Waals surface area contributed by atoms with Gasteiger partial charge in [0.1, 0.15) is 24.2 Å². The highest BCUT2D eigenvalue weighted by Gasteiger charge is 2.72. The van der Waals surface area contributed by atoms with Crippen LogP contribution in [0.5, 0.6) is 5.75 Å². The van der Waals surface area contributed by atoms with Crippen LogP contribution in [-0.4, -0.2) is 37.9 Å². The maximum Gasteiger partial charge on any atom is 0.302 e. The minimum Gasteiger partial charge on any atom is -0.487 e. The second kappa shape index (κ2) is 15.7. The van der Waals surface area contributed by atoms with Crippen molar-refractivity contribution in [2.45, 2.75) is 145 Å². The fourth-order valence-electron chi connectivity index (χ4n) is 14.8. The van der Waals surface area contributed by atoms with E-state index in [-0.39, 0.29) is 57.9 Å². The van der Waals surface area contributed by atoms with Gasteiger partial charge >= 0.3 is 5.97 Å². The molecule has 0 aliphatic heterocycles. The first-order valence-electron chi connectivity index (χ1n) is 22.9. The van der Waals surface area contributed by atoms with E-state index in [2.05, 4.69) is 76.7 Å². The summed E-state index contributed by atoms with van der Waals surface area (Å²) in [4.78, 5) is 37.7. The van der Waals surface area contributed by atoms with E-state index >= 15 is 0 Å². The lowest BCUT2D eigenvalue weighted by atomic mass is 9.32. The van der Waals surface area contributed by atoms with Crippen LogP contribution in [0.2, 0.25) is 0 Å². The number of nitro groups is 1. The molecule has 5 unspecified atom stereocenters. The van der Waals surface area contributed by atoms with Crippen LogP contribution < -0.4 is 10.1 Å². The second-order valence-electron chi connectivity index (χ2n) is 21.0. The molecular formula is C50H67N5O6. The van der Waals surface area contributed by atoms with Gasteiger partial charge in [-0.15, -0.1) is 5.10 Å². The molecule has 0 saturated heterocycles. The van der Waals surface area contributed by atoms with Gasteiger partial charge in [-0.25, -0.2) is 4.68 Å². The summed E-state index contributed by atoms with van der Waals surface area (Å²) >= 11 is 0. The Morgan fingerprint density at radius 1 is 0.918 bits per heavy atom. The highest BCUT2D eigenvalue weighted by atomic mass is 16.6. The van der Waals surface area contributed by atoms with Crippen LogP contribution in [0.1, 0.15) is 136 Å². The zero-order valence-corrected chi connectivity index (χ0v) is 37.7. The van der Waals surface area contributed by atoms with Gasteiger partial charge in [0.25, 0.3) is 5.69 Å². The number of aryl methyl sites for hydroxylation is 1. The van der Waals surface area contributed by atoms with E-state index in [0.29, 0.717) is 41.6 Å². The van der Waals surface area contributed by atoms with Gasteiger partial charge in [-0.05, 0) is 153 Å². The topological polar surface area (TPSA) is 138 Å². The molecule has 61 heavy (non-hydrogen) atoms. The van der Waals surface area contributed by atoms with Crippen LogP contribution in [0, 0.1) is 66.8 Å². The first kappa shape index (κ1) is 43.1. The van der Waals surface area contributed by atoms with Gasteiger partial charge in [-0.2, -0.15) is 0 Å². The Morgan fingerprint density at radius 2 is 1.67 bits per heavy atom. The van der Waals surface area contributed by atoms with Gasteiger partial charge in [-0.3, -0.25) is 19.7 Å². The number of amides is 1. The van der Waals surface area contributed by atoms with E-state index in [1.807, 2.05) is 12.1 Å². The molecule has 5 aliphatic rings. The molecule has 10 atom stereocenters. The standard InChI is InChI=1S/C50H67N5O6/c1-10-34-27-33(11-17-40(34)60-30-35-29-54(53-52-35)36-12-14-37(15-13-36)55(58)59)28-51-45(57)50-24-19-38(31(2)3)44(50)39-16-18-42-47(7)22-21-43(61-32(4)56)46(5,6)41(47)20-23-49(42,9)48(39,8)25-26-50/h11-15,17,27,29,38-39,41-44H,2,10,16,18-26,28,30H2,1,3-9H3,(H,51,57)/t38-,39?,41?,42?,43?,44?,47-,48+,49+,50-/m0/s1. The molecule has 11 nitrogen and oxygen atoms in total. The van der Waals surface area contributed by atoms with Crippen LogP contribution in [0.3, 0.4) is 0 Å². The summed E-state index contributed by atoms with van der Waals surface area (Å²) in [5, 5.41) is 23.0. The largest absolute Gasteiger partial charge is 0.487 e. The van der Waals surface area contributed by atoms with E-state index in [9.17, 15) is 19.7 Å². The molecule has 8 rings (SSSR count). The number of allylic oxidation sites excluding steroid dienone is 1. The van der Waals surface area contributed by atoms with Gasteiger partial charge < -0.3 is 14.8 Å². The molecule has 5 fully saturated rings. The molecule has 0 radical (unpaired) electrons. The SMILES string of the molecule is C=C(C)[C@@H]1CC[C@]2(C(=O)NCc3ccc(OCc4cn(-c5ccc([N+](=O)[O-])cc5)nn4)c(CC)c3)CC[C@]3(C)C(CCC4[C@@]5(C)CCC(OC(C)=O)C(C)(C)C5CC[C@]43C)C12. The summed E-state index contributed by atoms with van der Waals surface area (Å²) in [6, 6.07) is 12.3. The maximum atomic E-state index is 14.9. The fourth-order valence-corrected chi connectivity index (χ4v) is 14.8. The van der Waals surface area contributed by atoms with Crippen molar-refractivity contribution in [1.82, 2.24) is 20.3 Å². The molecule has 2 aromatic carbocycles. The molecule has 328 valence electrons. The Bertz CT molecular complexity index is 2200. The van der Waals surface area contributed by atoms with Crippen LogP contribution in [0.15, 0.2) is 60.8 Å². The normalized spacial score (nSPS) is 34.8. The zero-order chi connectivity index (χ0) is 43.7. The Morgan fingerprint density at radius 3 is 2.36 bits per heavy atom. The number of nitrogens with zero attached hydrogens (tertiary/aromatic N) is 4. The highest BCUT2D eigenvalue weighted by molar-refractivity contribution is 5.84. The van der Waals surface area contributed by atoms with Gasteiger partial charge in [0.2, 0.25) is 5.91 Å². The molecule has 1 amide bonds. The van der Waals surface area contributed by atoms with Crippen molar-refractivity contribution in [2.24, 2.45) is 56.7 Å². The average Bonchev–Trinajstić information content (AvgIpc) is 3.87. The molecule has 3 aromatic rings. The molecule has 0 spiro atoms. The van der Waals surface area contributed by atoms with Gasteiger partial charge in [0.05, 0.1) is 22.2 Å². The van der Waals surface area contributed by atoms with E-state index in [1.165, 1.54) is 30.5 Å². The summed E-state index contributed by atoms with van der Waals surface area (Å²) in [6.07, 6.45) is 13.2. The third kappa shape index (κ3) is 7.00. The van der Waals surface area contributed by atoms with E-state index in [0.717, 1.165) is 74.7 Å². The molecule has 5 saturated carbocycles. The number of non-ortho nitro benzene ring substituents is 1. The van der Waals surface area contributed by atoms with Gasteiger partial charge in [0.15, 0.2) is 0 Å². The van der Waals surface area contributed by atoms with E-state index in [1.54, 1.807) is 29.9 Å². The summed E-state index contributed by atoms with van der Waals surface area (Å²) in [7, 11) is 0. The molecule has 5 aliphatic carbocycles. The van der Waals surface area contributed by atoms with Crippen molar-refractivity contribution >= 4 is 17.6 Å². The minimum absolute atomic E-state index is 0.0185. The number of ether oxygens (including phenoxy) is 2. The third-order valence-electron chi connectivity index (χ3n) is 18.0. The van der Waals surface area contributed by atoms with Crippen molar-refractivity contribution in [3.63, 3.8) is 0 Å². The van der Waals surface area contributed by atoms with E-state index < -0.39 is 10.3 Å². The van der Waals surface area contributed by atoms with Crippen molar-refractivity contribution in [3.8, 4) is 11.4 Å². The molecule has 1 heterocycles. The lowest BCUT2D eigenvalue weighted by molar-refractivity contribution is -0.384. The lowest BCUT2D eigenvalue weighted by Gasteiger charge is -2.72. The third-order valence-corrected chi connectivity index (χ3v) is 18.0. The number of carbonyl (C=O) groups excluding carboxylic acids is 2. The first-order chi connectivity index (χ1) is 28.9. The summed E-state index contributed by atoms with van der Waals surface area (Å²) < 4.78 is 13.8. The van der Waals surface area contributed by atoms with Crippen LogP contribution >= 0.6 is 0 Å². The Balaban J connectivity index is 0.963. The number of hydrogen-bond donors (Lipinski definition) is 1. The lowest BCUT2D eigenvalue weighted by Crippen LogP contribution is -2.67. The number of hydrogen-bond acceptors (Lipinski definition) is 8. The van der Waals surface area contributed by atoms with Crippen LogP contribution in [0.4, 0.5) is 5.69 Å². The molecule has 0 bridgehead atoms. The van der Waals surface area contributed by atoms with Crippen LogP contribution in [-0.2, 0) is 33.9 Å². The van der Waals surface area contributed by atoms with Crippen molar-refractivity contribution in [3.05, 3.63) is 87.7 Å². The number of rotatable bonds is 11. The monoisotopic (exact) mass is 834 g/mol. The van der Waals surface area contributed by atoms with Crippen molar-refractivity contribution in [1.29, 1.82) is 0 Å². The molecular weight excluding hydrogens is 767 g/mol. The fraction of sp³-hybridized carbons (Fsp3) is 0.640. The molecule has 11 heteroatoms. The second-order valence-corrected chi connectivity index (χ2v) is 21.0.